The van der Waals surface area contributed by atoms with Crippen molar-refractivity contribution in [1.29, 1.82) is 0 Å². The maximum atomic E-state index is 13.0. The Morgan fingerprint density at radius 1 is 1.12 bits per heavy atom. The molecule has 0 saturated heterocycles. The monoisotopic (exact) mass is 279 g/mol. The Balaban J connectivity index is 0.00000144. The molecule has 1 atom stereocenters. The van der Waals surface area contributed by atoms with Gasteiger partial charge in [0.25, 0.3) is 0 Å². The van der Waals surface area contributed by atoms with Crippen LogP contribution < -0.4 is 5.73 Å². The molecule has 0 unspecified atom stereocenters. The summed E-state index contributed by atoms with van der Waals surface area (Å²) in [6.07, 6.45) is 0. The van der Waals surface area contributed by atoms with Crippen LogP contribution in [0.3, 0.4) is 0 Å². The maximum absolute atomic E-state index is 13.0. The summed E-state index contributed by atoms with van der Waals surface area (Å²) >= 11 is 1.38. The number of nitrogens with two attached hydrogens (primary N) is 1. The van der Waals surface area contributed by atoms with Gasteiger partial charge in [-0.3, -0.25) is 0 Å². The summed E-state index contributed by atoms with van der Waals surface area (Å²) in [7, 11) is 0. The van der Waals surface area contributed by atoms with E-state index in [2.05, 4.69) is 0 Å². The van der Waals surface area contributed by atoms with Crippen LogP contribution in [0.15, 0.2) is 29.6 Å². The molecule has 1 aromatic heterocycles. The van der Waals surface area contributed by atoms with E-state index in [0.717, 1.165) is 17.0 Å². The van der Waals surface area contributed by atoms with E-state index in [4.69, 9.17) is 5.73 Å². The van der Waals surface area contributed by atoms with Crippen LogP contribution in [0.5, 0.6) is 0 Å². The molecule has 0 aliphatic rings. The fraction of sp³-hybridized carbons (Fsp3) is 0.0909. The van der Waals surface area contributed by atoms with Gasteiger partial charge in [0, 0.05) is 4.88 Å². The molecule has 1 heterocycles. The zero-order valence-corrected chi connectivity index (χ0v) is 10.1. The first-order valence-corrected chi connectivity index (χ1v) is 5.41. The smallest absolute Gasteiger partial charge is 0.194 e. The average Bonchev–Trinajstić information content (AvgIpc) is 2.77. The van der Waals surface area contributed by atoms with Crippen molar-refractivity contribution in [2.45, 2.75) is 6.04 Å². The molecule has 0 fully saturated rings. The highest BCUT2D eigenvalue weighted by atomic mass is 35.5. The minimum atomic E-state index is -1.47. The van der Waals surface area contributed by atoms with E-state index in [9.17, 15) is 13.2 Å². The molecule has 2 aromatic rings. The van der Waals surface area contributed by atoms with Crippen molar-refractivity contribution in [3.8, 4) is 0 Å². The highest BCUT2D eigenvalue weighted by Crippen LogP contribution is 2.25. The van der Waals surface area contributed by atoms with Gasteiger partial charge in [0.15, 0.2) is 17.5 Å². The first kappa shape index (κ1) is 14.0. The number of rotatable bonds is 2. The lowest BCUT2D eigenvalue weighted by atomic mass is 10.1. The van der Waals surface area contributed by atoms with Gasteiger partial charge in [-0.25, -0.2) is 13.2 Å². The van der Waals surface area contributed by atoms with Gasteiger partial charge in [0.1, 0.15) is 0 Å². The van der Waals surface area contributed by atoms with Gasteiger partial charge in [-0.15, -0.1) is 23.7 Å². The normalized spacial score (nSPS) is 12.0. The van der Waals surface area contributed by atoms with Gasteiger partial charge < -0.3 is 5.73 Å². The van der Waals surface area contributed by atoms with E-state index in [1.807, 2.05) is 5.38 Å². The topological polar surface area (TPSA) is 26.0 Å². The van der Waals surface area contributed by atoms with Crippen LogP contribution in [-0.4, -0.2) is 0 Å². The fourth-order valence-corrected chi connectivity index (χ4v) is 2.14. The van der Waals surface area contributed by atoms with E-state index in [-0.39, 0.29) is 18.0 Å². The first-order chi connectivity index (χ1) is 7.59. The molecule has 2 rings (SSSR count). The van der Waals surface area contributed by atoms with Crippen molar-refractivity contribution >= 4 is 23.7 Å². The van der Waals surface area contributed by atoms with Crippen molar-refractivity contribution in [3.63, 3.8) is 0 Å². The van der Waals surface area contributed by atoms with Crippen molar-refractivity contribution in [2.75, 3.05) is 0 Å². The highest BCUT2D eigenvalue weighted by Gasteiger charge is 2.16. The lowest BCUT2D eigenvalue weighted by molar-refractivity contribution is 0.444. The summed E-state index contributed by atoms with van der Waals surface area (Å²) in [5, 5.41) is 1.81. The molecule has 1 aromatic carbocycles. The highest BCUT2D eigenvalue weighted by molar-refractivity contribution is 7.10. The van der Waals surface area contributed by atoms with Gasteiger partial charge in [0.2, 0.25) is 0 Å². The summed E-state index contributed by atoms with van der Waals surface area (Å²) in [6, 6.07) is 4.75. The van der Waals surface area contributed by atoms with Crippen LogP contribution in [0, 0.1) is 17.5 Å². The molecule has 1 nitrogen and oxygen atoms in total. The second-order valence-electron chi connectivity index (χ2n) is 3.29. The fourth-order valence-electron chi connectivity index (χ4n) is 1.39. The van der Waals surface area contributed by atoms with E-state index in [1.165, 1.54) is 11.3 Å². The van der Waals surface area contributed by atoms with E-state index in [0.29, 0.717) is 0 Å². The molecule has 0 bridgehead atoms. The Morgan fingerprint density at radius 2 is 1.71 bits per heavy atom. The molecular formula is C11H9ClF3NS. The SMILES string of the molecule is Cl.N[C@@H](c1cc(F)c(F)c(F)c1)c1cccs1. The molecule has 0 amide bonds. The molecule has 17 heavy (non-hydrogen) atoms. The number of hydrogen-bond donors (Lipinski definition) is 1. The first-order valence-electron chi connectivity index (χ1n) is 4.53. The van der Waals surface area contributed by atoms with E-state index < -0.39 is 23.5 Å². The van der Waals surface area contributed by atoms with E-state index >= 15 is 0 Å². The van der Waals surface area contributed by atoms with Crippen molar-refractivity contribution in [2.24, 2.45) is 5.73 Å². The Bertz CT molecular complexity index is 478. The average molecular weight is 280 g/mol. The zero-order chi connectivity index (χ0) is 11.7. The standard InChI is InChI=1S/C11H8F3NS.ClH/c12-7-4-6(5-8(13)10(7)14)11(15)9-2-1-3-16-9;/h1-5,11H,15H2;1H/t11-;/m0./s1. The molecule has 0 radical (unpaired) electrons. The number of hydrogen-bond acceptors (Lipinski definition) is 2. The van der Waals surface area contributed by atoms with Crippen LogP contribution in [0.2, 0.25) is 0 Å². The number of benzene rings is 1. The number of halogens is 4. The zero-order valence-electron chi connectivity index (χ0n) is 8.49. The largest absolute Gasteiger partial charge is 0.320 e. The van der Waals surface area contributed by atoms with Crippen molar-refractivity contribution in [1.82, 2.24) is 0 Å². The van der Waals surface area contributed by atoms with Gasteiger partial charge in [-0.2, -0.15) is 0 Å². The molecule has 0 aliphatic heterocycles. The van der Waals surface area contributed by atoms with Crippen LogP contribution in [0.25, 0.3) is 0 Å². The molecule has 0 aliphatic carbocycles. The van der Waals surface area contributed by atoms with Gasteiger partial charge in [0.05, 0.1) is 6.04 Å². The van der Waals surface area contributed by atoms with Crippen molar-refractivity contribution in [3.05, 3.63) is 57.5 Å². The Labute approximate surface area is 106 Å². The molecule has 6 heteroatoms. The summed E-state index contributed by atoms with van der Waals surface area (Å²) in [5.74, 6) is -3.91. The lowest BCUT2D eigenvalue weighted by Gasteiger charge is -2.10. The quantitative estimate of drug-likeness (QED) is 0.835. The molecular weight excluding hydrogens is 271 g/mol. The number of thiophene rings is 1. The predicted octanol–water partition coefficient (Wildman–Crippen LogP) is 3.64. The van der Waals surface area contributed by atoms with Gasteiger partial charge in [-0.05, 0) is 29.1 Å². The molecule has 0 spiro atoms. The third-order valence-electron chi connectivity index (χ3n) is 2.21. The van der Waals surface area contributed by atoms with Crippen LogP contribution >= 0.6 is 23.7 Å². The van der Waals surface area contributed by atoms with Crippen LogP contribution in [-0.2, 0) is 0 Å². The van der Waals surface area contributed by atoms with Gasteiger partial charge >= 0.3 is 0 Å². The second-order valence-corrected chi connectivity index (χ2v) is 4.27. The maximum Gasteiger partial charge on any atom is 0.194 e. The lowest BCUT2D eigenvalue weighted by Crippen LogP contribution is -2.11. The molecule has 2 N–H and O–H groups in total. The third-order valence-corrected chi connectivity index (χ3v) is 3.17. The molecule has 0 saturated carbocycles. The van der Waals surface area contributed by atoms with Gasteiger partial charge in [-0.1, -0.05) is 6.07 Å². The Morgan fingerprint density at radius 3 is 2.18 bits per heavy atom. The van der Waals surface area contributed by atoms with Crippen LogP contribution in [0.4, 0.5) is 13.2 Å². The summed E-state index contributed by atoms with van der Waals surface area (Å²) in [6.45, 7) is 0. The van der Waals surface area contributed by atoms with E-state index in [1.54, 1.807) is 12.1 Å². The summed E-state index contributed by atoms with van der Waals surface area (Å²) in [4.78, 5) is 0.769. The second kappa shape index (κ2) is 5.53. The Kier molecular flexibility index (Phi) is 4.56. The van der Waals surface area contributed by atoms with Crippen molar-refractivity contribution < 1.29 is 13.2 Å². The minimum absolute atomic E-state index is 0. The third kappa shape index (κ3) is 2.80. The Hall–Kier alpha value is -1.04. The van der Waals surface area contributed by atoms with Crippen LogP contribution in [0.1, 0.15) is 16.5 Å². The summed E-state index contributed by atoms with van der Waals surface area (Å²) in [5.41, 5.74) is 6.02. The summed E-state index contributed by atoms with van der Waals surface area (Å²) < 4.78 is 38.7. The molecule has 92 valence electrons. The predicted molar refractivity (Wildman–Crippen MR) is 63.9 cm³/mol. The minimum Gasteiger partial charge on any atom is -0.320 e.